The molecular weight excluding hydrogens is 371 g/mol. The molecule has 3 rings (SSSR count). The van der Waals surface area contributed by atoms with Crippen LogP contribution < -0.4 is 5.32 Å². The fraction of sp³-hybridized carbons (Fsp3) is 0.118. The smallest absolute Gasteiger partial charge is 0.451 e. The van der Waals surface area contributed by atoms with Gasteiger partial charge in [-0.05, 0) is 36.8 Å². The van der Waals surface area contributed by atoms with Crippen molar-refractivity contribution in [3.63, 3.8) is 0 Å². The highest BCUT2D eigenvalue weighted by Gasteiger charge is 2.35. The van der Waals surface area contributed by atoms with Crippen LogP contribution in [0.25, 0.3) is 10.9 Å². The third-order valence-electron chi connectivity index (χ3n) is 3.59. The summed E-state index contributed by atoms with van der Waals surface area (Å²) in [5.74, 6) is -2.43. The normalized spacial score (nSPS) is 11.1. The first-order valence-electron chi connectivity index (χ1n) is 7.20. The number of para-hydroxylation sites is 1. The molecule has 1 aromatic heterocycles. The molecule has 0 aliphatic heterocycles. The Balaban J connectivity index is 0.00000243. The maximum absolute atomic E-state index is 13.1. The zero-order chi connectivity index (χ0) is 18.2. The summed E-state index contributed by atoms with van der Waals surface area (Å²) in [4.78, 5) is 18.2. The second-order valence-corrected chi connectivity index (χ2v) is 5.37. The Morgan fingerprint density at radius 1 is 1.12 bits per heavy atom. The van der Waals surface area contributed by atoms with Gasteiger partial charge in [0.25, 0.3) is 0 Å². The molecule has 9 heteroatoms. The van der Waals surface area contributed by atoms with Crippen LogP contribution in [-0.2, 0) is 6.18 Å². The van der Waals surface area contributed by atoms with Crippen LogP contribution in [0.5, 0.6) is 0 Å². The molecule has 5 nitrogen and oxygen atoms in total. The van der Waals surface area contributed by atoms with Gasteiger partial charge in [-0.15, -0.1) is 12.4 Å². The van der Waals surface area contributed by atoms with Gasteiger partial charge in [-0.2, -0.15) is 13.2 Å². The van der Waals surface area contributed by atoms with Crippen molar-refractivity contribution in [2.45, 2.75) is 13.1 Å². The van der Waals surface area contributed by atoms with Crippen molar-refractivity contribution in [3.8, 4) is 0 Å². The van der Waals surface area contributed by atoms with Gasteiger partial charge in [0.05, 0.1) is 11.1 Å². The maximum atomic E-state index is 13.1. The van der Waals surface area contributed by atoms with Gasteiger partial charge in [0.15, 0.2) is 0 Å². The van der Waals surface area contributed by atoms with Gasteiger partial charge in [-0.25, -0.2) is 14.8 Å². The van der Waals surface area contributed by atoms with Crippen LogP contribution >= 0.6 is 12.4 Å². The second-order valence-electron chi connectivity index (χ2n) is 5.37. The number of fused-ring (bicyclic) bond motifs is 1. The molecule has 0 saturated carbocycles. The number of aryl methyl sites for hydroxylation is 1. The van der Waals surface area contributed by atoms with Gasteiger partial charge in [-0.1, -0.05) is 18.2 Å². The van der Waals surface area contributed by atoms with Gasteiger partial charge in [-0.3, -0.25) is 0 Å². The number of hydrogen-bond donors (Lipinski definition) is 2. The number of halogens is 4. The summed E-state index contributed by atoms with van der Waals surface area (Å²) in [6.07, 6.45) is -4.70. The van der Waals surface area contributed by atoms with Crippen LogP contribution in [0, 0.1) is 6.92 Å². The molecule has 0 amide bonds. The summed E-state index contributed by atoms with van der Waals surface area (Å²) < 4.78 is 39.2. The molecule has 0 saturated heterocycles. The summed E-state index contributed by atoms with van der Waals surface area (Å²) in [6.45, 7) is 1.71. The molecule has 0 aliphatic carbocycles. The summed E-state index contributed by atoms with van der Waals surface area (Å²) in [7, 11) is 0. The van der Waals surface area contributed by atoms with Gasteiger partial charge < -0.3 is 10.4 Å². The molecule has 136 valence electrons. The predicted molar refractivity (Wildman–Crippen MR) is 93.2 cm³/mol. The Bertz CT molecular complexity index is 977. The Morgan fingerprint density at radius 3 is 2.46 bits per heavy atom. The Morgan fingerprint density at radius 2 is 1.81 bits per heavy atom. The van der Waals surface area contributed by atoms with E-state index in [4.69, 9.17) is 5.11 Å². The van der Waals surface area contributed by atoms with Gasteiger partial charge in [0, 0.05) is 11.1 Å². The maximum Gasteiger partial charge on any atom is 0.451 e. The minimum Gasteiger partial charge on any atom is -0.478 e. The van der Waals surface area contributed by atoms with E-state index in [9.17, 15) is 18.0 Å². The lowest BCUT2D eigenvalue weighted by Gasteiger charge is -2.14. The number of nitrogens with one attached hydrogen (secondary N) is 1. The molecule has 0 unspecified atom stereocenters. The standard InChI is InChI=1S/C17H12F3N3O2.ClH/c1-9-6-7-10(15(24)25)8-13(9)21-14-11-4-2-3-5-12(11)22-16(23-14)17(18,19)20;/h2-8H,1H3,(H,24,25)(H,21,22,23);1H. The molecule has 2 N–H and O–H groups in total. The summed E-state index contributed by atoms with van der Waals surface area (Å²) >= 11 is 0. The SMILES string of the molecule is Cc1ccc(C(=O)O)cc1Nc1nc(C(F)(F)F)nc2ccccc12.Cl. The highest BCUT2D eigenvalue weighted by Crippen LogP contribution is 2.32. The number of aromatic carboxylic acids is 1. The van der Waals surface area contributed by atoms with E-state index in [1.165, 1.54) is 18.2 Å². The first kappa shape index (κ1) is 19.5. The van der Waals surface area contributed by atoms with Crippen LogP contribution in [0.1, 0.15) is 21.7 Å². The molecule has 2 aromatic carbocycles. The minimum absolute atomic E-state index is 0. The van der Waals surface area contributed by atoms with Gasteiger partial charge >= 0.3 is 12.1 Å². The molecule has 0 spiro atoms. The third kappa shape index (κ3) is 3.85. The molecule has 26 heavy (non-hydrogen) atoms. The number of alkyl halides is 3. The molecule has 3 aromatic rings. The number of carboxylic acids is 1. The topological polar surface area (TPSA) is 75.1 Å². The van der Waals surface area contributed by atoms with Crippen molar-refractivity contribution in [3.05, 3.63) is 59.4 Å². The van der Waals surface area contributed by atoms with Crippen LogP contribution in [-0.4, -0.2) is 21.0 Å². The lowest BCUT2D eigenvalue weighted by molar-refractivity contribution is -0.144. The predicted octanol–water partition coefficient (Wildman–Crippen LogP) is 4.82. The van der Waals surface area contributed by atoms with Crippen molar-refractivity contribution in [1.82, 2.24) is 9.97 Å². The number of rotatable bonds is 3. The quantitative estimate of drug-likeness (QED) is 0.678. The van der Waals surface area contributed by atoms with E-state index in [2.05, 4.69) is 15.3 Å². The van der Waals surface area contributed by atoms with Crippen molar-refractivity contribution in [1.29, 1.82) is 0 Å². The third-order valence-corrected chi connectivity index (χ3v) is 3.59. The molecule has 0 fully saturated rings. The number of hydrogen-bond acceptors (Lipinski definition) is 4. The second kappa shape index (κ2) is 7.17. The number of nitrogens with zero attached hydrogens (tertiary/aromatic N) is 2. The van der Waals surface area contributed by atoms with E-state index in [1.807, 2.05) is 0 Å². The largest absolute Gasteiger partial charge is 0.478 e. The molecule has 0 radical (unpaired) electrons. The molecular formula is C17H13ClF3N3O2. The van der Waals surface area contributed by atoms with Crippen LogP contribution in [0.2, 0.25) is 0 Å². The fourth-order valence-electron chi connectivity index (χ4n) is 2.32. The number of carboxylic acid groups (broad SMARTS) is 1. The van der Waals surface area contributed by atoms with Gasteiger partial charge in [0.2, 0.25) is 5.82 Å². The summed E-state index contributed by atoms with van der Waals surface area (Å²) in [5, 5.41) is 12.3. The molecule has 0 bridgehead atoms. The lowest BCUT2D eigenvalue weighted by Crippen LogP contribution is -2.13. The number of benzene rings is 2. The van der Waals surface area contributed by atoms with Crippen molar-refractivity contribution >= 4 is 40.8 Å². The van der Waals surface area contributed by atoms with E-state index < -0.39 is 18.0 Å². The summed E-state index contributed by atoms with van der Waals surface area (Å²) in [5.41, 5.74) is 1.18. The molecule has 0 aliphatic rings. The van der Waals surface area contributed by atoms with E-state index in [1.54, 1.807) is 31.2 Å². The Kier molecular flexibility index (Phi) is 5.36. The number of carbonyl (C=O) groups is 1. The van der Waals surface area contributed by atoms with Crippen LogP contribution in [0.3, 0.4) is 0 Å². The van der Waals surface area contributed by atoms with E-state index >= 15 is 0 Å². The average molecular weight is 384 g/mol. The van der Waals surface area contributed by atoms with Crippen molar-refractivity contribution < 1.29 is 23.1 Å². The lowest BCUT2D eigenvalue weighted by atomic mass is 10.1. The first-order chi connectivity index (χ1) is 11.8. The van der Waals surface area contributed by atoms with Crippen molar-refractivity contribution in [2.75, 3.05) is 5.32 Å². The zero-order valence-corrected chi connectivity index (χ0v) is 14.1. The monoisotopic (exact) mass is 383 g/mol. The molecule has 0 atom stereocenters. The number of anilines is 2. The van der Waals surface area contributed by atoms with Crippen molar-refractivity contribution in [2.24, 2.45) is 0 Å². The Labute approximate surface area is 152 Å². The van der Waals surface area contributed by atoms with E-state index in [0.29, 0.717) is 16.6 Å². The fourth-order valence-corrected chi connectivity index (χ4v) is 2.32. The minimum atomic E-state index is -4.70. The highest BCUT2D eigenvalue weighted by atomic mass is 35.5. The summed E-state index contributed by atoms with van der Waals surface area (Å²) in [6, 6.07) is 10.6. The van der Waals surface area contributed by atoms with Gasteiger partial charge in [0.1, 0.15) is 5.82 Å². The zero-order valence-electron chi connectivity index (χ0n) is 13.3. The highest BCUT2D eigenvalue weighted by molar-refractivity contribution is 5.93. The molecule has 1 heterocycles. The Hall–Kier alpha value is -2.87. The van der Waals surface area contributed by atoms with E-state index in [0.717, 1.165) is 0 Å². The van der Waals surface area contributed by atoms with E-state index in [-0.39, 0.29) is 29.3 Å². The number of aromatic nitrogens is 2. The van der Waals surface area contributed by atoms with Crippen LogP contribution in [0.4, 0.5) is 24.7 Å². The average Bonchev–Trinajstić information content (AvgIpc) is 2.55. The first-order valence-corrected chi connectivity index (χ1v) is 7.20. The van der Waals surface area contributed by atoms with Crippen LogP contribution in [0.15, 0.2) is 42.5 Å².